The lowest BCUT2D eigenvalue weighted by molar-refractivity contribution is -0.137. The van der Waals surface area contributed by atoms with Crippen LogP contribution in [0.3, 0.4) is 0 Å². The molecule has 168 valence electrons. The summed E-state index contributed by atoms with van der Waals surface area (Å²) in [6.07, 6.45) is 1.04. The van der Waals surface area contributed by atoms with Crippen molar-refractivity contribution in [3.63, 3.8) is 0 Å². The Morgan fingerprint density at radius 1 is 1.16 bits per heavy atom. The van der Waals surface area contributed by atoms with Gasteiger partial charge in [0.05, 0.1) is 5.56 Å². The fourth-order valence-corrected chi connectivity index (χ4v) is 3.84. The predicted octanol–water partition coefficient (Wildman–Crippen LogP) is 4.35. The van der Waals surface area contributed by atoms with Crippen LogP contribution in [0.2, 0.25) is 0 Å². The van der Waals surface area contributed by atoms with Gasteiger partial charge >= 0.3 is 6.18 Å². The summed E-state index contributed by atoms with van der Waals surface area (Å²) >= 11 is 0. The average molecular weight is 438 g/mol. The molecule has 1 fully saturated rings. The third kappa shape index (κ3) is 6.05. The number of alkyl halides is 3. The van der Waals surface area contributed by atoms with Crippen LogP contribution in [0.1, 0.15) is 69.1 Å². The van der Waals surface area contributed by atoms with Crippen molar-refractivity contribution in [3.8, 4) is 0 Å². The van der Waals surface area contributed by atoms with Crippen LogP contribution in [-0.4, -0.2) is 22.0 Å². The Kier molecular flexibility index (Phi) is 6.97. The van der Waals surface area contributed by atoms with Crippen LogP contribution in [0.25, 0.3) is 0 Å². The number of amides is 2. The predicted molar refractivity (Wildman–Crippen MR) is 106 cm³/mol. The second-order valence-electron chi connectivity index (χ2n) is 7.82. The van der Waals surface area contributed by atoms with Gasteiger partial charge in [-0.15, -0.1) is 0 Å². The van der Waals surface area contributed by atoms with E-state index in [9.17, 15) is 22.8 Å². The van der Waals surface area contributed by atoms with E-state index in [4.69, 9.17) is 4.52 Å². The molecule has 0 spiro atoms. The monoisotopic (exact) mass is 438 g/mol. The normalized spacial score (nSPS) is 16.4. The van der Waals surface area contributed by atoms with Crippen molar-refractivity contribution < 1.29 is 27.3 Å². The van der Waals surface area contributed by atoms with Crippen molar-refractivity contribution in [2.45, 2.75) is 70.0 Å². The first-order valence-corrected chi connectivity index (χ1v) is 10.3. The number of hydrogen-bond acceptors (Lipinski definition) is 5. The number of benzene rings is 1. The zero-order chi connectivity index (χ0) is 22.5. The van der Waals surface area contributed by atoms with Gasteiger partial charge in [0.15, 0.2) is 5.82 Å². The fraction of sp³-hybridized carbons (Fsp3) is 0.524. The minimum Gasteiger partial charge on any atom is -0.343 e. The lowest BCUT2D eigenvalue weighted by Crippen LogP contribution is -2.45. The Morgan fingerprint density at radius 2 is 1.87 bits per heavy atom. The number of nitrogens with one attached hydrogen (secondary N) is 2. The number of carbonyl (C=O) groups excluding carboxylic acids is 2. The van der Waals surface area contributed by atoms with Gasteiger partial charge in [0.25, 0.3) is 0 Å². The molecule has 0 aliphatic heterocycles. The summed E-state index contributed by atoms with van der Waals surface area (Å²) in [5.41, 5.74) is -1.45. The average Bonchev–Trinajstić information content (AvgIpc) is 3.06. The highest BCUT2D eigenvalue weighted by atomic mass is 19.4. The van der Waals surface area contributed by atoms with Crippen molar-refractivity contribution in [1.82, 2.24) is 15.5 Å². The molecule has 7 nitrogen and oxygen atoms in total. The Bertz CT molecular complexity index is 919. The zero-order valence-corrected chi connectivity index (χ0v) is 17.2. The van der Waals surface area contributed by atoms with Crippen LogP contribution in [0.4, 0.5) is 18.9 Å². The fourth-order valence-electron chi connectivity index (χ4n) is 3.84. The van der Waals surface area contributed by atoms with Crippen LogP contribution in [0, 0.1) is 0 Å². The maximum atomic E-state index is 12.8. The van der Waals surface area contributed by atoms with Gasteiger partial charge in [-0.05, 0) is 31.0 Å². The maximum absolute atomic E-state index is 12.8. The zero-order valence-electron chi connectivity index (χ0n) is 17.2. The molecule has 1 aliphatic rings. The van der Waals surface area contributed by atoms with E-state index in [1.54, 1.807) is 0 Å². The standard InChI is InChI=1S/C21H25F3N4O3/c1-14(29)27-20(11-4-2-3-5-12-20)19-26-18(31-28-19)10-9-17(30)25-16-8-6-7-15(13-16)21(22,23)24/h6-8,13H,2-5,9-12H2,1H3,(H,25,30)(H,27,29). The second kappa shape index (κ2) is 9.49. The first-order valence-electron chi connectivity index (χ1n) is 10.3. The van der Waals surface area contributed by atoms with Gasteiger partial charge in [-0.2, -0.15) is 18.2 Å². The number of halogens is 3. The van der Waals surface area contributed by atoms with E-state index in [-0.39, 0.29) is 30.3 Å². The molecule has 1 aromatic carbocycles. The lowest BCUT2D eigenvalue weighted by atomic mass is 9.89. The molecular weight excluding hydrogens is 413 g/mol. The molecule has 1 saturated carbocycles. The van der Waals surface area contributed by atoms with Gasteiger partial charge in [0.1, 0.15) is 5.54 Å². The Hall–Kier alpha value is -2.91. The number of anilines is 1. The smallest absolute Gasteiger partial charge is 0.343 e. The molecule has 0 radical (unpaired) electrons. The third-order valence-electron chi connectivity index (χ3n) is 5.31. The third-order valence-corrected chi connectivity index (χ3v) is 5.31. The van der Waals surface area contributed by atoms with E-state index >= 15 is 0 Å². The van der Waals surface area contributed by atoms with Gasteiger partial charge in [-0.3, -0.25) is 9.59 Å². The molecular formula is C21H25F3N4O3. The molecule has 0 unspecified atom stereocenters. The van der Waals surface area contributed by atoms with E-state index in [0.717, 1.165) is 37.8 Å². The van der Waals surface area contributed by atoms with Crippen LogP contribution >= 0.6 is 0 Å². The summed E-state index contributed by atoms with van der Waals surface area (Å²) < 4.78 is 43.7. The van der Waals surface area contributed by atoms with E-state index in [1.807, 2.05) is 0 Å². The van der Waals surface area contributed by atoms with Gasteiger partial charge in [0, 0.05) is 25.5 Å². The quantitative estimate of drug-likeness (QED) is 0.654. The molecule has 2 aromatic rings. The number of aromatic nitrogens is 2. The molecule has 31 heavy (non-hydrogen) atoms. The summed E-state index contributed by atoms with van der Waals surface area (Å²) in [4.78, 5) is 28.3. The number of carbonyl (C=O) groups is 2. The number of rotatable bonds is 6. The largest absolute Gasteiger partial charge is 0.416 e. The van der Waals surface area contributed by atoms with Crippen LogP contribution < -0.4 is 10.6 Å². The van der Waals surface area contributed by atoms with Crippen molar-refractivity contribution in [1.29, 1.82) is 0 Å². The minimum atomic E-state index is -4.48. The molecule has 0 atom stereocenters. The molecule has 1 heterocycles. The van der Waals surface area contributed by atoms with Gasteiger partial charge < -0.3 is 15.2 Å². The molecule has 2 amide bonds. The highest BCUT2D eigenvalue weighted by Gasteiger charge is 2.38. The second-order valence-corrected chi connectivity index (χ2v) is 7.82. The SMILES string of the molecule is CC(=O)NC1(c2noc(CCC(=O)Nc3cccc(C(F)(F)F)c3)n2)CCCCCC1. The van der Waals surface area contributed by atoms with Gasteiger partial charge in [0.2, 0.25) is 17.7 Å². The van der Waals surface area contributed by atoms with Crippen molar-refractivity contribution in [2.75, 3.05) is 5.32 Å². The van der Waals surface area contributed by atoms with E-state index in [2.05, 4.69) is 20.8 Å². The summed E-state index contributed by atoms with van der Waals surface area (Å²) in [6.45, 7) is 1.45. The first kappa shape index (κ1) is 22.8. The molecule has 0 saturated heterocycles. The Labute approximate surface area is 177 Å². The highest BCUT2D eigenvalue weighted by molar-refractivity contribution is 5.90. The minimum absolute atomic E-state index is 0.0367. The van der Waals surface area contributed by atoms with Crippen molar-refractivity contribution in [2.24, 2.45) is 0 Å². The molecule has 0 bridgehead atoms. The summed E-state index contributed by atoms with van der Waals surface area (Å²) in [5.74, 6) is -0.000108. The molecule has 10 heteroatoms. The number of nitrogens with zero attached hydrogens (tertiary/aromatic N) is 2. The lowest BCUT2D eigenvalue weighted by Gasteiger charge is -2.30. The summed E-state index contributed by atoms with van der Waals surface area (Å²) in [5, 5.41) is 9.49. The Morgan fingerprint density at radius 3 is 2.52 bits per heavy atom. The molecule has 2 N–H and O–H groups in total. The molecule has 1 aromatic heterocycles. The van der Waals surface area contributed by atoms with Crippen LogP contribution in [0.15, 0.2) is 28.8 Å². The van der Waals surface area contributed by atoms with Gasteiger partial charge in [-0.1, -0.05) is 36.9 Å². The summed E-state index contributed by atoms with van der Waals surface area (Å²) in [6, 6.07) is 4.44. The van der Waals surface area contributed by atoms with Crippen molar-refractivity contribution >= 4 is 17.5 Å². The van der Waals surface area contributed by atoms with E-state index < -0.39 is 23.2 Å². The van der Waals surface area contributed by atoms with E-state index in [0.29, 0.717) is 18.7 Å². The molecule has 3 rings (SSSR count). The summed E-state index contributed by atoms with van der Waals surface area (Å²) in [7, 11) is 0. The number of aryl methyl sites for hydroxylation is 1. The number of hydrogen-bond donors (Lipinski definition) is 2. The van der Waals surface area contributed by atoms with Crippen molar-refractivity contribution in [3.05, 3.63) is 41.5 Å². The van der Waals surface area contributed by atoms with E-state index in [1.165, 1.54) is 19.1 Å². The highest BCUT2D eigenvalue weighted by Crippen LogP contribution is 2.35. The first-order chi connectivity index (χ1) is 14.7. The maximum Gasteiger partial charge on any atom is 0.416 e. The van der Waals surface area contributed by atoms with Crippen LogP contribution in [0.5, 0.6) is 0 Å². The Balaban J connectivity index is 1.63. The topological polar surface area (TPSA) is 97.1 Å². The van der Waals surface area contributed by atoms with Crippen LogP contribution in [-0.2, 0) is 27.7 Å². The molecule has 1 aliphatic carbocycles. The van der Waals surface area contributed by atoms with Gasteiger partial charge in [-0.25, -0.2) is 0 Å².